The Kier molecular flexibility index (Phi) is 6.06. The predicted octanol–water partition coefficient (Wildman–Crippen LogP) is 2.36. The first-order valence-electron chi connectivity index (χ1n) is 10.5. The highest BCUT2D eigenvalue weighted by molar-refractivity contribution is 6.03. The van der Waals surface area contributed by atoms with Crippen molar-refractivity contribution in [2.24, 2.45) is 10.6 Å². The molecule has 0 aromatic heterocycles. The molecule has 0 radical (unpaired) electrons. The number of carbonyl (C=O) groups is 1. The monoisotopic (exact) mass is 402 g/mol. The summed E-state index contributed by atoms with van der Waals surface area (Å²) in [6.07, 6.45) is 3.68. The molecule has 7 heteroatoms. The zero-order chi connectivity index (χ0) is 20.3. The molecule has 3 aliphatic heterocycles. The second-order valence-corrected chi connectivity index (χ2v) is 8.31. The number of benzene rings is 1. The van der Waals surface area contributed by atoms with Crippen molar-refractivity contribution in [3.8, 4) is 5.75 Å². The lowest BCUT2D eigenvalue weighted by Gasteiger charge is -2.42. The molecule has 3 aliphatic rings. The van der Waals surface area contributed by atoms with Crippen LogP contribution in [0, 0.1) is 5.41 Å². The molecule has 2 saturated heterocycles. The third-order valence-corrected chi connectivity index (χ3v) is 6.36. The van der Waals surface area contributed by atoms with Crippen molar-refractivity contribution in [1.82, 2.24) is 4.90 Å². The van der Waals surface area contributed by atoms with Gasteiger partial charge in [0.15, 0.2) is 0 Å². The van der Waals surface area contributed by atoms with E-state index in [0.29, 0.717) is 52.0 Å². The summed E-state index contributed by atoms with van der Waals surface area (Å²) in [7, 11) is 1.65. The van der Waals surface area contributed by atoms with Gasteiger partial charge >= 0.3 is 0 Å². The first-order valence-corrected chi connectivity index (χ1v) is 10.5. The van der Waals surface area contributed by atoms with Gasteiger partial charge < -0.3 is 24.3 Å². The maximum atomic E-state index is 13.5. The number of rotatable bonds is 5. The lowest BCUT2D eigenvalue weighted by molar-refractivity contribution is -0.154. The van der Waals surface area contributed by atoms with E-state index in [4.69, 9.17) is 14.3 Å². The van der Waals surface area contributed by atoms with Gasteiger partial charge in [-0.2, -0.15) is 0 Å². The maximum absolute atomic E-state index is 13.5. The molecule has 0 saturated carbocycles. The van der Waals surface area contributed by atoms with E-state index in [1.807, 2.05) is 29.2 Å². The van der Waals surface area contributed by atoms with Crippen LogP contribution >= 0.6 is 0 Å². The van der Waals surface area contributed by atoms with Crippen LogP contribution in [-0.4, -0.2) is 67.2 Å². The van der Waals surface area contributed by atoms with E-state index in [-0.39, 0.29) is 12.0 Å². The number of amides is 1. The van der Waals surface area contributed by atoms with Crippen LogP contribution in [0.5, 0.6) is 5.75 Å². The SMILES string of the molecule is COc1ccccc1C1=NO[C@H](CC2(C(=O)N3CCC[C@H](O)C3)CCOCC2)C1. The van der Waals surface area contributed by atoms with E-state index in [0.717, 1.165) is 29.9 Å². The Hall–Kier alpha value is -2.12. The van der Waals surface area contributed by atoms with E-state index in [1.54, 1.807) is 7.11 Å². The van der Waals surface area contributed by atoms with Gasteiger partial charge in [-0.15, -0.1) is 0 Å². The largest absolute Gasteiger partial charge is 0.496 e. The van der Waals surface area contributed by atoms with Crippen LogP contribution in [0.2, 0.25) is 0 Å². The van der Waals surface area contributed by atoms with Crippen molar-refractivity contribution in [2.75, 3.05) is 33.4 Å². The molecule has 1 aromatic carbocycles. The molecule has 1 aromatic rings. The number of piperidine rings is 1. The number of hydrogen-bond donors (Lipinski definition) is 1. The fraction of sp³-hybridized carbons (Fsp3) is 0.636. The average Bonchev–Trinajstić information content (AvgIpc) is 3.22. The van der Waals surface area contributed by atoms with Gasteiger partial charge in [-0.05, 0) is 37.8 Å². The summed E-state index contributed by atoms with van der Waals surface area (Å²) in [6.45, 7) is 2.30. The van der Waals surface area contributed by atoms with Gasteiger partial charge in [0.05, 0.1) is 24.3 Å². The van der Waals surface area contributed by atoms with E-state index in [9.17, 15) is 9.90 Å². The van der Waals surface area contributed by atoms with Crippen molar-refractivity contribution >= 4 is 11.6 Å². The first kappa shape index (κ1) is 20.2. The Morgan fingerprint density at radius 2 is 2.14 bits per heavy atom. The summed E-state index contributed by atoms with van der Waals surface area (Å²) in [6, 6.07) is 7.78. The molecule has 4 rings (SSSR count). The van der Waals surface area contributed by atoms with E-state index >= 15 is 0 Å². The molecule has 3 heterocycles. The van der Waals surface area contributed by atoms with Gasteiger partial charge in [-0.3, -0.25) is 4.79 Å². The number of aliphatic hydroxyl groups is 1. The minimum absolute atomic E-state index is 0.133. The summed E-state index contributed by atoms with van der Waals surface area (Å²) >= 11 is 0. The number of ether oxygens (including phenoxy) is 2. The smallest absolute Gasteiger partial charge is 0.229 e. The number of nitrogens with zero attached hydrogens (tertiary/aromatic N) is 2. The molecular weight excluding hydrogens is 372 g/mol. The summed E-state index contributed by atoms with van der Waals surface area (Å²) < 4.78 is 11.0. The third-order valence-electron chi connectivity index (χ3n) is 6.36. The van der Waals surface area contributed by atoms with Crippen molar-refractivity contribution in [3.05, 3.63) is 29.8 Å². The number of methoxy groups -OCH3 is 1. The number of para-hydroxylation sites is 1. The number of β-amino-alcohol motifs (C(OH)–C–C–N with tert-alkyl or cyclic N) is 1. The molecule has 0 aliphatic carbocycles. The second-order valence-electron chi connectivity index (χ2n) is 8.31. The zero-order valence-electron chi connectivity index (χ0n) is 17.0. The van der Waals surface area contributed by atoms with Crippen LogP contribution in [0.1, 0.15) is 44.1 Å². The molecule has 0 unspecified atom stereocenters. The van der Waals surface area contributed by atoms with E-state index in [1.165, 1.54) is 0 Å². The molecule has 2 atom stereocenters. The number of likely N-dealkylation sites (tertiary alicyclic amines) is 1. The highest BCUT2D eigenvalue weighted by Gasteiger charge is 2.46. The Labute approximate surface area is 171 Å². The molecule has 158 valence electrons. The topological polar surface area (TPSA) is 80.6 Å². The van der Waals surface area contributed by atoms with Crippen molar-refractivity contribution in [1.29, 1.82) is 0 Å². The van der Waals surface area contributed by atoms with Crippen LogP contribution in [0.4, 0.5) is 0 Å². The summed E-state index contributed by atoms with van der Waals surface area (Å²) in [5.41, 5.74) is 1.28. The lowest BCUT2D eigenvalue weighted by Crippen LogP contribution is -2.52. The minimum Gasteiger partial charge on any atom is -0.496 e. The Balaban J connectivity index is 1.47. The molecule has 2 fully saturated rings. The normalized spacial score (nSPS) is 26.6. The van der Waals surface area contributed by atoms with Crippen molar-refractivity contribution in [2.45, 2.75) is 50.7 Å². The van der Waals surface area contributed by atoms with Crippen LogP contribution in [-0.2, 0) is 14.4 Å². The van der Waals surface area contributed by atoms with Gasteiger partial charge in [0.2, 0.25) is 5.91 Å². The standard InChI is InChI=1S/C22H30N2O5/c1-27-20-7-3-2-6-18(20)19-13-17(29-23-19)14-22(8-11-28-12-9-22)21(26)24-10-4-5-16(25)15-24/h2-3,6-7,16-17,25H,4-5,8-15H2,1H3/t16-,17-/m0/s1. The van der Waals surface area contributed by atoms with E-state index in [2.05, 4.69) is 5.16 Å². The molecule has 0 spiro atoms. The highest BCUT2D eigenvalue weighted by Crippen LogP contribution is 2.41. The molecule has 7 nitrogen and oxygen atoms in total. The lowest BCUT2D eigenvalue weighted by atomic mass is 9.73. The van der Waals surface area contributed by atoms with Crippen LogP contribution in [0.15, 0.2) is 29.4 Å². The molecule has 1 N–H and O–H groups in total. The fourth-order valence-electron chi connectivity index (χ4n) is 4.76. The quantitative estimate of drug-likeness (QED) is 0.818. The summed E-state index contributed by atoms with van der Waals surface area (Å²) in [5, 5.41) is 14.3. The number of carbonyl (C=O) groups excluding carboxylic acids is 1. The van der Waals surface area contributed by atoms with Gasteiger partial charge in [0.25, 0.3) is 0 Å². The molecule has 0 bridgehead atoms. The van der Waals surface area contributed by atoms with Crippen molar-refractivity contribution in [3.63, 3.8) is 0 Å². The molecule has 29 heavy (non-hydrogen) atoms. The minimum atomic E-state index is -0.508. The van der Waals surface area contributed by atoms with Gasteiger partial charge in [0, 0.05) is 44.7 Å². The van der Waals surface area contributed by atoms with E-state index < -0.39 is 11.5 Å². The van der Waals surface area contributed by atoms with Crippen LogP contribution in [0.25, 0.3) is 0 Å². The Morgan fingerprint density at radius 1 is 1.34 bits per heavy atom. The first-order chi connectivity index (χ1) is 14.1. The summed E-state index contributed by atoms with van der Waals surface area (Å²) in [5.74, 6) is 0.906. The number of oxime groups is 1. The fourth-order valence-corrected chi connectivity index (χ4v) is 4.76. The van der Waals surface area contributed by atoms with Crippen molar-refractivity contribution < 1.29 is 24.2 Å². The molecule has 1 amide bonds. The number of hydrogen-bond acceptors (Lipinski definition) is 6. The van der Waals surface area contributed by atoms with Gasteiger partial charge in [-0.1, -0.05) is 17.3 Å². The average molecular weight is 402 g/mol. The maximum Gasteiger partial charge on any atom is 0.229 e. The zero-order valence-corrected chi connectivity index (χ0v) is 17.0. The highest BCUT2D eigenvalue weighted by atomic mass is 16.6. The molecular formula is C22H30N2O5. The number of aliphatic hydroxyl groups excluding tert-OH is 1. The van der Waals surface area contributed by atoms with Gasteiger partial charge in [0.1, 0.15) is 11.9 Å². The third kappa shape index (κ3) is 4.26. The summed E-state index contributed by atoms with van der Waals surface area (Å²) in [4.78, 5) is 21.1. The van der Waals surface area contributed by atoms with Crippen LogP contribution < -0.4 is 4.74 Å². The second kappa shape index (κ2) is 8.71. The van der Waals surface area contributed by atoms with Gasteiger partial charge in [-0.25, -0.2) is 0 Å². The predicted molar refractivity (Wildman–Crippen MR) is 108 cm³/mol. The van der Waals surface area contributed by atoms with Crippen LogP contribution in [0.3, 0.4) is 0 Å². The Bertz CT molecular complexity index is 759. The Morgan fingerprint density at radius 3 is 2.90 bits per heavy atom.